The lowest BCUT2D eigenvalue weighted by molar-refractivity contribution is 0.162. The first-order chi connectivity index (χ1) is 2.41. The third-order valence-electron chi connectivity index (χ3n) is 0.408. The summed E-state index contributed by atoms with van der Waals surface area (Å²) >= 11 is 0. The molecule has 0 unspecified atom stereocenters. The van der Waals surface area contributed by atoms with E-state index in [9.17, 15) is 0 Å². The first kappa shape index (κ1) is 53.5. The number of ether oxygens (including phenoxy) is 1. The minimum Gasteiger partial charge on any atom is -0.382 e. The standard InChI is InChI=1S/C4H10O.6ClH/c1-3-5-4-2;;;;;;/h3-4H2,1-2H3;6*1H. The molecule has 0 aromatic heterocycles. The van der Waals surface area contributed by atoms with E-state index in [1.165, 1.54) is 0 Å². The molecule has 0 aromatic rings. The third-order valence-corrected chi connectivity index (χ3v) is 0.408. The topological polar surface area (TPSA) is 9.23 Å². The van der Waals surface area contributed by atoms with E-state index in [-0.39, 0.29) is 74.4 Å². The highest BCUT2D eigenvalue weighted by Gasteiger charge is 1.64. The third kappa shape index (κ3) is 80.4. The first-order valence-electron chi connectivity index (χ1n) is 1.99. The molecule has 0 rings (SSSR count). The lowest BCUT2D eigenvalue weighted by Gasteiger charge is -1.86. The largest absolute Gasteiger partial charge is 0.382 e. The molecule has 7 heteroatoms. The Morgan fingerprint density at radius 1 is 0.636 bits per heavy atom. The maximum Gasteiger partial charge on any atom is 0.0437 e. The van der Waals surface area contributed by atoms with Gasteiger partial charge in [0.15, 0.2) is 0 Å². The molecule has 0 fully saturated rings. The van der Waals surface area contributed by atoms with Crippen LogP contribution in [0.4, 0.5) is 0 Å². The summed E-state index contributed by atoms with van der Waals surface area (Å²) in [5, 5.41) is 0. The van der Waals surface area contributed by atoms with Gasteiger partial charge in [-0.25, -0.2) is 0 Å². The summed E-state index contributed by atoms with van der Waals surface area (Å²) < 4.78 is 4.83. The predicted molar refractivity (Wildman–Crippen MR) is 65.7 cm³/mol. The average molecular weight is 293 g/mol. The lowest BCUT2D eigenvalue weighted by atomic mass is 10.8. The average Bonchev–Trinajstić information content (AvgIpc) is 1.41. The van der Waals surface area contributed by atoms with Crippen molar-refractivity contribution in [3.8, 4) is 0 Å². The Bertz CT molecular complexity index is 22.1. The van der Waals surface area contributed by atoms with Gasteiger partial charge >= 0.3 is 0 Å². The fourth-order valence-electron chi connectivity index (χ4n) is 0.204. The van der Waals surface area contributed by atoms with Crippen molar-refractivity contribution in [3.05, 3.63) is 0 Å². The summed E-state index contributed by atoms with van der Waals surface area (Å²) in [6.07, 6.45) is 0. The molecule has 0 amide bonds. The van der Waals surface area contributed by atoms with Crippen LogP contribution in [-0.2, 0) is 4.74 Å². The summed E-state index contributed by atoms with van der Waals surface area (Å²) in [7, 11) is 0. The highest BCUT2D eigenvalue weighted by Crippen LogP contribution is 1.64. The zero-order valence-electron chi connectivity index (χ0n) is 6.27. The Morgan fingerprint density at radius 3 is 0.818 bits per heavy atom. The van der Waals surface area contributed by atoms with E-state index in [0.717, 1.165) is 13.2 Å². The molecule has 0 heterocycles. The van der Waals surface area contributed by atoms with Gasteiger partial charge in [0.1, 0.15) is 0 Å². The van der Waals surface area contributed by atoms with Crippen molar-refractivity contribution in [1.29, 1.82) is 0 Å². The molecule has 80 valence electrons. The van der Waals surface area contributed by atoms with Crippen LogP contribution in [0, 0.1) is 0 Å². The fourth-order valence-corrected chi connectivity index (χ4v) is 0.204. The van der Waals surface area contributed by atoms with Crippen molar-refractivity contribution >= 4 is 74.4 Å². The van der Waals surface area contributed by atoms with E-state index in [1.54, 1.807) is 0 Å². The van der Waals surface area contributed by atoms with Gasteiger partial charge in [-0.3, -0.25) is 0 Å². The molecule has 1 nitrogen and oxygen atoms in total. The fraction of sp³-hybridized carbons (Fsp3) is 1.00. The molecular weight excluding hydrogens is 277 g/mol. The molecule has 0 saturated heterocycles. The van der Waals surface area contributed by atoms with Crippen LogP contribution in [0.3, 0.4) is 0 Å². The highest BCUT2D eigenvalue weighted by atomic mass is 35.5. The molecule has 0 spiro atoms. The molecule has 0 aromatic carbocycles. The molecule has 0 aliphatic rings. The zero-order valence-corrected chi connectivity index (χ0v) is 11.2. The van der Waals surface area contributed by atoms with Gasteiger partial charge in [-0.2, -0.15) is 0 Å². The van der Waals surface area contributed by atoms with E-state index in [1.807, 2.05) is 13.8 Å². The van der Waals surface area contributed by atoms with Crippen molar-refractivity contribution in [2.75, 3.05) is 13.2 Å². The second kappa shape index (κ2) is 60.6. The van der Waals surface area contributed by atoms with Gasteiger partial charge < -0.3 is 4.74 Å². The summed E-state index contributed by atoms with van der Waals surface area (Å²) in [5.41, 5.74) is 0. The van der Waals surface area contributed by atoms with Crippen LogP contribution in [0.2, 0.25) is 0 Å². The zero-order chi connectivity index (χ0) is 4.12. The Hall–Kier alpha value is 1.70. The van der Waals surface area contributed by atoms with Crippen molar-refractivity contribution in [3.63, 3.8) is 0 Å². The van der Waals surface area contributed by atoms with Crippen LogP contribution < -0.4 is 0 Å². The van der Waals surface area contributed by atoms with Crippen LogP contribution >= 0.6 is 74.4 Å². The number of hydrogen-bond acceptors (Lipinski definition) is 1. The van der Waals surface area contributed by atoms with Crippen molar-refractivity contribution in [2.45, 2.75) is 13.8 Å². The molecule has 0 aliphatic heterocycles. The Morgan fingerprint density at radius 2 is 0.818 bits per heavy atom. The van der Waals surface area contributed by atoms with Crippen molar-refractivity contribution < 1.29 is 4.74 Å². The van der Waals surface area contributed by atoms with E-state index in [0.29, 0.717) is 0 Å². The smallest absolute Gasteiger partial charge is 0.0437 e. The molecule has 0 atom stereocenters. The minimum absolute atomic E-state index is 0. The molecule has 0 aliphatic carbocycles. The number of hydrogen-bond donors (Lipinski definition) is 0. The van der Waals surface area contributed by atoms with Crippen molar-refractivity contribution in [2.24, 2.45) is 0 Å². The van der Waals surface area contributed by atoms with E-state index >= 15 is 0 Å². The van der Waals surface area contributed by atoms with Crippen LogP contribution in [0.1, 0.15) is 13.8 Å². The van der Waals surface area contributed by atoms with Crippen LogP contribution in [0.15, 0.2) is 0 Å². The van der Waals surface area contributed by atoms with Crippen LogP contribution in [-0.4, -0.2) is 13.2 Å². The lowest BCUT2D eigenvalue weighted by Crippen LogP contribution is -1.84. The van der Waals surface area contributed by atoms with Gasteiger partial charge in [0.25, 0.3) is 0 Å². The maximum absolute atomic E-state index is 4.83. The molecule has 11 heavy (non-hydrogen) atoms. The quantitative estimate of drug-likeness (QED) is 0.756. The molecule has 0 bridgehead atoms. The highest BCUT2D eigenvalue weighted by molar-refractivity contribution is 5.86. The van der Waals surface area contributed by atoms with Crippen molar-refractivity contribution in [1.82, 2.24) is 0 Å². The Labute approximate surface area is 106 Å². The van der Waals surface area contributed by atoms with Gasteiger partial charge in [-0.05, 0) is 13.8 Å². The molecule has 0 N–H and O–H groups in total. The predicted octanol–water partition coefficient (Wildman–Crippen LogP) is 3.57. The van der Waals surface area contributed by atoms with E-state index in [2.05, 4.69) is 0 Å². The second-order valence-corrected chi connectivity index (χ2v) is 0.781. The summed E-state index contributed by atoms with van der Waals surface area (Å²) in [6, 6.07) is 0. The maximum atomic E-state index is 4.83. The van der Waals surface area contributed by atoms with E-state index < -0.39 is 0 Å². The molecule has 0 saturated carbocycles. The van der Waals surface area contributed by atoms with Gasteiger partial charge in [-0.1, -0.05) is 0 Å². The summed E-state index contributed by atoms with van der Waals surface area (Å²) in [6.45, 7) is 5.67. The van der Waals surface area contributed by atoms with E-state index in [4.69, 9.17) is 4.74 Å². The monoisotopic (exact) mass is 290 g/mol. The summed E-state index contributed by atoms with van der Waals surface area (Å²) in [5.74, 6) is 0. The first-order valence-corrected chi connectivity index (χ1v) is 1.99. The van der Waals surface area contributed by atoms with Gasteiger partial charge in [-0.15, -0.1) is 74.4 Å². The number of halogens is 6. The minimum atomic E-state index is 0. The Balaban J connectivity index is -0.00000000533. The summed E-state index contributed by atoms with van der Waals surface area (Å²) in [4.78, 5) is 0. The van der Waals surface area contributed by atoms with Crippen LogP contribution in [0.5, 0.6) is 0 Å². The molecular formula is C4H16Cl6O. The SMILES string of the molecule is CCOCC.Cl.Cl.Cl.Cl.Cl.Cl. The normalized spacial score (nSPS) is 3.82. The number of rotatable bonds is 2. The van der Waals surface area contributed by atoms with Gasteiger partial charge in [0, 0.05) is 13.2 Å². The van der Waals surface area contributed by atoms with Gasteiger partial charge in [0.2, 0.25) is 0 Å². The second-order valence-electron chi connectivity index (χ2n) is 0.781. The van der Waals surface area contributed by atoms with Crippen LogP contribution in [0.25, 0.3) is 0 Å². The Kier molecular flexibility index (Phi) is 295. The molecule has 0 radical (unpaired) electrons. The van der Waals surface area contributed by atoms with Gasteiger partial charge in [0.05, 0.1) is 0 Å².